The Morgan fingerprint density at radius 2 is 1.97 bits per heavy atom. The number of aryl methyl sites for hydroxylation is 2. The fraction of sp³-hybridized carbons (Fsp3) is 0.333. The highest BCUT2D eigenvalue weighted by Gasteiger charge is 2.22. The zero-order chi connectivity index (χ0) is 22.0. The van der Waals surface area contributed by atoms with Crippen LogP contribution >= 0.6 is 23.2 Å². The molecule has 0 amide bonds. The average molecular weight is 445 g/mol. The third kappa shape index (κ3) is 4.66. The number of halogens is 2. The van der Waals surface area contributed by atoms with Gasteiger partial charge in [0.05, 0.1) is 29.8 Å². The highest BCUT2D eigenvalue weighted by molar-refractivity contribution is 6.32. The van der Waals surface area contributed by atoms with Crippen LogP contribution in [-0.4, -0.2) is 27.0 Å². The van der Waals surface area contributed by atoms with E-state index in [0.717, 1.165) is 22.4 Å². The predicted molar refractivity (Wildman–Crippen MR) is 119 cm³/mol. The maximum Gasteiger partial charge on any atom is 0.350 e. The molecule has 0 unspecified atom stereocenters. The second-order valence-electron chi connectivity index (χ2n) is 7.49. The van der Waals surface area contributed by atoms with Gasteiger partial charge in [0.1, 0.15) is 23.2 Å². The molecule has 0 bridgehead atoms. The Morgan fingerprint density at radius 3 is 2.57 bits per heavy atom. The van der Waals surface area contributed by atoms with E-state index in [-0.39, 0.29) is 10.3 Å². The van der Waals surface area contributed by atoms with Gasteiger partial charge >= 0.3 is 5.65 Å². The normalized spacial score (nSPS) is 11.8. The summed E-state index contributed by atoms with van der Waals surface area (Å²) >= 11 is 12.0. The van der Waals surface area contributed by atoms with Crippen LogP contribution in [-0.2, 0) is 13.6 Å². The molecule has 30 heavy (non-hydrogen) atoms. The summed E-state index contributed by atoms with van der Waals surface area (Å²) in [5, 5.41) is 17.5. The quantitative estimate of drug-likeness (QED) is 0.333. The molecule has 0 atom stereocenters. The highest BCUT2D eigenvalue weighted by atomic mass is 35.5. The van der Waals surface area contributed by atoms with Crippen molar-refractivity contribution >= 4 is 39.9 Å². The molecule has 0 radical (unpaired) electrons. The number of aromatic amines is 1. The Bertz CT molecular complexity index is 1140. The van der Waals surface area contributed by atoms with Gasteiger partial charge in [-0.15, -0.1) is 0 Å². The van der Waals surface area contributed by atoms with Gasteiger partial charge in [0.15, 0.2) is 5.69 Å². The maximum absolute atomic E-state index is 9.26. The maximum atomic E-state index is 9.26. The first-order valence-electron chi connectivity index (χ1n) is 9.48. The number of nitriles is 1. The number of H-pyrrole nitrogens is 1. The summed E-state index contributed by atoms with van der Waals surface area (Å²) in [5.74, 6) is 0.945. The smallest absolute Gasteiger partial charge is 0.350 e. The van der Waals surface area contributed by atoms with Gasteiger partial charge in [-0.05, 0) is 41.6 Å². The summed E-state index contributed by atoms with van der Waals surface area (Å²) in [7, 11) is 3.85. The predicted octanol–water partition coefficient (Wildman–Crippen LogP) is 4.43. The van der Waals surface area contributed by atoms with Crippen LogP contribution < -0.4 is 10.00 Å². The molecule has 0 aliphatic heterocycles. The lowest BCUT2D eigenvalue weighted by molar-refractivity contribution is -0.705. The number of aromatic nitrogens is 4. The number of rotatable bonds is 6. The fourth-order valence-corrected chi connectivity index (χ4v) is 3.91. The summed E-state index contributed by atoms with van der Waals surface area (Å²) < 4.78 is 1.94. The highest BCUT2D eigenvalue weighted by Crippen LogP contribution is 2.27. The van der Waals surface area contributed by atoms with Crippen molar-refractivity contribution in [3.05, 3.63) is 57.4 Å². The van der Waals surface area contributed by atoms with Crippen LogP contribution in [0.25, 0.3) is 11.0 Å². The summed E-state index contributed by atoms with van der Waals surface area (Å²) in [6.07, 6.45) is 1.44. The van der Waals surface area contributed by atoms with Crippen molar-refractivity contribution in [3.63, 3.8) is 0 Å². The first kappa shape index (κ1) is 21.9. The molecule has 0 aliphatic carbocycles. The van der Waals surface area contributed by atoms with Gasteiger partial charge in [-0.1, -0.05) is 37.0 Å². The molecule has 156 valence electrons. The van der Waals surface area contributed by atoms with Crippen LogP contribution in [0.1, 0.15) is 36.7 Å². The standard InChI is InChI=1S/C21H23Cl2N7/c1-12(2)16-8-15(26-21-20(16)13(3)28-30(21)5)11-29(4)19(6-7-24)25-14-9-17(22)27-18(23)10-14/h6,8-10,12H,11H2,1-5H3,(H,25,27)/p+1/b19-6+. The number of pyridine rings is 2. The van der Waals surface area contributed by atoms with Crippen molar-refractivity contribution in [1.29, 1.82) is 5.26 Å². The molecule has 0 aromatic carbocycles. The van der Waals surface area contributed by atoms with E-state index in [4.69, 9.17) is 28.2 Å². The Kier molecular flexibility index (Phi) is 6.49. The number of anilines is 1. The van der Waals surface area contributed by atoms with E-state index in [2.05, 4.69) is 48.3 Å². The molecule has 0 saturated carbocycles. The van der Waals surface area contributed by atoms with E-state index in [1.807, 2.05) is 23.7 Å². The average Bonchev–Trinajstić information content (AvgIpc) is 2.93. The molecule has 0 aliphatic rings. The summed E-state index contributed by atoms with van der Waals surface area (Å²) in [6.45, 7) is 6.92. The number of nitrogens with zero attached hydrogens (tertiary/aromatic N) is 5. The van der Waals surface area contributed by atoms with Crippen LogP contribution in [0, 0.1) is 18.3 Å². The number of nitrogens with one attached hydrogen (secondary N) is 2. The first-order chi connectivity index (χ1) is 14.2. The molecule has 0 fully saturated rings. The molecular formula is C21H24Cl2N7+. The van der Waals surface area contributed by atoms with Gasteiger partial charge in [0, 0.05) is 12.7 Å². The van der Waals surface area contributed by atoms with Gasteiger partial charge in [-0.2, -0.15) is 9.94 Å². The van der Waals surface area contributed by atoms with E-state index < -0.39 is 0 Å². The molecule has 9 heteroatoms. The molecule has 3 rings (SSSR count). The van der Waals surface area contributed by atoms with Crippen LogP contribution in [0.15, 0.2) is 30.1 Å². The lowest BCUT2D eigenvalue weighted by Crippen LogP contribution is -2.31. The molecule has 2 N–H and O–H groups in total. The third-order valence-electron chi connectivity index (χ3n) is 4.78. The van der Waals surface area contributed by atoms with Gasteiger partial charge in [-0.3, -0.25) is 0 Å². The van der Waals surface area contributed by atoms with Gasteiger partial charge in [0.25, 0.3) is 0 Å². The summed E-state index contributed by atoms with van der Waals surface area (Å²) in [4.78, 5) is 10.7. The second kappa shape index (κ2) is 8.90. The zero-order valence-electron chi connectivity index (χ0n) is 17.6. The lowest BCUT2D eigenvalue weighted by Gasteiger charge is -2.22. The Morgan fingerprint density at radius 1 is 1.30 bits per heavy atom. The van der Waals surface area contributed by atoms with Crippen molar-refractivity contribution in [2.24, 2.45) is 7.05 Å². The number of fused-ring (bicyclic) bond motifs is 1. The number of hydrogen-bond donors (Lipinski definition) is 2. The minimum atomic E-state index is 0.271. The first-order valence-corrected chi connectivity index (χ1v) is 10.2. The largest absolute Gasteiger partial charge is 0.352 e. The van der Waals surface area contributed by atoms with Crippen molar-refractivity contribution in [1.82, 2.24) is 20.0 Å². The Labute approximate surface area is 185 Å². The lowest BCUT2D eigenvalue weighted by atomic mass is 9.99. The van der Waals surface area contributed by atoms with E-state index in [0.29, 0.717) is 24.0 Å². The molecule has 3 heterocycles. The topological polar surface area (TPSA) is 84.5 Å². The van der Waals surface area contributed by atoms with E-state index in [9.17, 15) is 5.26 Å². The van der Waals surface area contributed by atoms with Gasteiger partial charge in [0.2, 0.25) is 0 Å². The van der Waals surface area contributed by atoms with E-state index >= 15 is 0 Å². The van der Waals surface area contributed by atoms with Crippen LogP contribution in [0.4, 0.5) is 5.69 Å². The third-order valence-corrected chi connectivity index (χ3v) is 5.17. The van der Waals surface area contributed by atoms with E-state index in [1.54, 1.807) is 12.1 Å². The molecule has 7 nitrogen and oxygen atoms in total. The molecular weight excluding hydrogens is 421 g/mol. The van der Waals surface area contributed by atoms with Crippen LogP contribution in [0.3, 0.4) is 0 Å². The minimum Gasteiger partial charge on any atom is -0.352 e. The van der Waals surface area contributed by atoms with Crippen molar-refractivity contribution in [3.8, 4) is 6.07 Å². The number of allylic oxidation sites excluding steroid dienone is 1. The zero-order valence-corrected chi connectivity index (χ0v) is 19.1. The van der Waals surface area contributed by atoms with Gasteiger partial charge in [-0.25, -0.2) is 10.1 Å². The number of hydrogen-bond acceptors (Lipinski definition) is 5. The molecule has 0 spiro atoms. The summed E-state index contributed by atoms with van der Waals surface area (Å²) in [6, 6.07) is 7.51. The molecule has 3 aromatic heterocycles. The monoisotopic (exact) mass is 444 g/mol. The van der Waals surface area contributed by atoms with E-state index in [1.165, 1.54) is 11.6 Å². The van der Waals surface area contributed by atoms with Gasteiger partial charge < -0.3 is 10.2 Å². The summed E-state index contributed by atoms with van der Waals surface area (Å²) in [5.41, 5.74) is 4.80. The second-order valence-corrected chi connectivity index (χ2v) is 8.27. The molecule has 0 saturated heterocycles. The fourth-order valence-electron chi connectivity index (χ4n) is 3.44. The van der Waals surface area contributed by atoms with Crippen molar-refractivity contribution in [2.75, 3.05) is 12.4 Å². The molecule has 3 aromatic rings. The minimum absolute atomic E-state index is 0.271. The Hall–Kier alpha value is -2.82. The van der Waals surface area contributed by atoms with Crippen LogP contribution in [0.5, 0.6) is 0 Å². The Balaban J connectivity index is 1.93. The SMILES string of the molecule is Cc1[nH][n+](C)c2nc(CN(C)/C(=C/C#N)Nc3cc(Cl)nc(Cl)c3)cc(C(C)C)c12. The van der Waals surface area contributed by atoms with Crippen molar-refractivity contribution < 1.29 is 4.68 Å². The van der Waals surface area contributed by atoms with Crippen LogP contribution in [0.2, 0.25) is 10.3 Å². The van der Waals surface area contributed by atoms with Crippen molar-refractivity contribution in [2.45, 2.75) is 33.2 Å².